The molecule has 3 rings (SSSR count). The van der Waals surface area contributed by atoms with E-state index < -0.39 is 33.7 Å². The molecule has 0 aromatic heterocycles. The first-order valence-corrected chi connectivity index (χ1v) is 12.4. The monoisotopic (exact) mass is 518 g/mol. The molecule has 0 N–H and O–H groups in total. The summed E-state index contributed by atoms with van der Waals surface area (Å²) in [5, 5.41) is 0.0637. The first kappa shape index (κ1) is 24.4. The molecule has 3 unspecified atom stereocenters. The van der Waals surface area contributed by atoms with Crippen LogP contribution in [0.1, 0.15) is 12.5 Å². The van der Waals surface area contributed by atoms with Gasteiger partial charge in [0.25, 0.3) is 5.91 Å². The van der Waals surface area contributed by atoms with E-state index >= 15 is 0 Å². The Morgan fingerprint density at radius 3 is 2.68 bits per heavy atom. The lowest BCUT2D eigenvalue weighted by atomic mass is 9.87. The quantitative estimate of drug-likeness (QED) is 0.169. The molecule has 2 aliphatic heterocycles. The summed E-state index contributed by atoms with van der Waals surface area (Å²) >= 11 is 20.2. The van der Waals surface area contributed by atoms with Crippen LogP contribution in [0.5, 0.6) is 0 Å². The molecule has 2 aliphatic rings. The third-order valence-corrected chi connectivity index (χ3v) is 8.16. The first-order chi connectivity index (χ1) is 14.8. The Morgan fingerprint density at radius 2 is 2.10 bits per heavy atom. The number of ether oxygens (including phenoxy) is 2. The van der Waals surface area contributed by atoms with Crippen LogP contribution in [0.25, 0.3) is 0 Å². The second-order valence-corrected chi connectivity index (χ2v) is 10.4. The van der Waals surface area contributed by atoms with Crippen LogP contribution in [0.3, 0.4) is 0 Å². The highest BCUT2D eigenvalue weighted by Gasteiger charge is 2.70. The summed E-state index contributed by atoms with van der Waals surface area (Å²) < 4.78 is 10.6. The van der Waals surface area contributed by atoms with E-state index in [2.05, 4.69) is 11.6 Å². The number of carbonyl (C=O) groups is 2. The predicted octanol–water partition coefficient (Wildman–Crippen LogP) is 4.04. The number of thiocarbonyl (C=S) groups is 1. The van der Waals surface area contributed by atoms with E-state index in [-0.39, 0.29) is 5.75 Å². The molecular weight excluding hydrogens is 499 g/mol. The van der Waals surface area contributed by atoms with Crippen LogP contribution in [-0.4, -0.2) is 67.5 Å². The van der Waals surface area contributed by atoms with Crippen LogP contribution in [0.15, 0.2) is 47.5 Å². The number of amides is 1. The maximum Gasteiger partial charge on any atom is 0.332 e. The number of hydrogen-bond acceptors (Lipinski definition) is 8. The van der Waals surface area contributed by atoms with Crippen molar-refractivity contribution in [2.24, 2.45) is 4.99 Å². The summed E-state index contributed by atoms with van der Waals surface area (Å²) in [5.74, 6) is -0.770. The van der Waals surface area contributed by atoms with E-state index in [0.29, 0.717) is 21.6 Å². The van der Waals surface area contributed by atoms with Gasteiger partial charge in [0.2, 0.25) is 4.38 Å². The average Bonchev–Trinajstić information content (AvgIpc) is 3.12. The lowest BCUT2D eigenvalue weighted by Crippen LogP contribution is -2.76. The standard InChI is InChI=1S/C20H20Cl2N2O4S3/c1-4-28-19(29)30-10-11(2)13(15(25)27-3)24-17(26)20(16(21)22)18(24)31-14(23-20)12-8-6-5-7-9-12/h5-9,13,16,18H,2,4,10H2,1,3H3. The number of methoxy groups -OCH3 is 1. The number of alkyl halides is 2. The summed E-state index contributed by atoms with van der Waals surface area (Å²) in [6.07, 6.45) is 0. The molecule has 3 atom stereocenters. The van der Waals surface area contributed by atoms with Crippen LogP contribution >= 0.6 is 58.9 Å². The number of nitrogens with zero attached hydrogens (tertiary/aromatic N) is 2. The van der Waals surface area contributed by atoms with Crippen molar-refractivity contribution in [2.45, 2.75) is 28.7 Å². The van der Waals surface area contributed by atoms with Crippen molar-refractivity contribution in [3.8, 4) is 0 Å². The number of likely N-dealkylation sites (tertiary alicyclic amines) is 1. The maximum absolute atomic E-state index is 13.3. The summed E-state index contributed by atoms with van der Waals surface area (Å²) in [6, 6.07) is 8.40. The molecule has 11 heteroatoms. The minimum atomic E-state index is -1.36. The number of esters is 1. The maximum atomic E-state index is 13.3. The van der Waals surface area contributed by atoms with E-state index in [9.17, 15) is 9.59 Å². The van der Waals surface area contributed by atoms with Gasteiger partial charge in [0, 0.05) is 11.3 Å². The normalized spacial score (nSPS) is 23.0. The van der Waals surface area contributed by atoms with E-state index in [1.165, 1.54) is 35.5 Å². The van der Waals surface area contributed by atoms with Crippen LogP contribution in [-0.2, 0) is 19.1 Å². The second kappa shape index (κ2) is 10.1. The summed E-state index contributed by atoms with van der Waals surface area (Å²) in [5.41, 5.74) is -0.0661. The lowest BCUT2D eigenvalue weighted by Gasteiger charge is -2.53. The van der Waals surface area contributed by atoms with Gasteiger partial charge >= 0.3 is 5.97 Å². The number of halogens is 2. The lowest BCUT2D eigenvalue weighted by molar-refractivity contribution is -0.164. The Bertz CT molecular complexity index is 928. The topological polar surface area (TPSA) is 68.2 Å². The van der Waals surface area contributed by atoms with E-state index in [1.54, 1.807) is 0 Å². The highest BCUT2D eigenvalue weighted by molar-refractivity contribution is 8.22. The Kier molecular flexibility index (Phi) is 7.96. The number of rotatable bonds is 8. The predicted molar refractivity (Wildman–Crippen MR) is 131 cm³/mol. The fourth-order valence-corrected chi connectivity index (χ4v) is 6.43. The van der Waals surface area contributed by atoms with Gasteiger partial charge in [0.05, 0.1) is 13.7 Å². The number of carbonyl (C=O) groups excluding carboxylic acids is 2. The molecule has 31 heavy (non-hydrogen) atoms. The summed E-state index contributed by atoms with van der Waals surface area (Å²) in [7, 11) is 1.26. The second-order valence-electron chi connectivity index (χ2n) is 6.65. The molecule has 1 amide bonds. The largest absolute Gasteiger partial charge is 0.479 e. The van der Waals surface area contributed by atoms with Crippen molar-refractivity contribution in [3.63, 3.8) is 0 Å². The first-order valence-electron chi connectivity index (χ1n) is 9.25. The van der Waals surface area contributed by atoms with Gasteiger partial charge < -0.3 is 14.4 Å². The number of benzene rings is 1. The zero-order chi connectivity index (χ0) is 22.8. The fourth-order valence-electron chi connectivity index (χ4n) is 3.31. The molecule has 0 bridgehead atoms. The van der Waals surface area contributed by atoms with Gasteiger partial charge in [-0.2, -0.15) is 0 Å². The zero-order valence-electron chi connectivity index (χ0n) is 16.7. The smallest absolute Gasteiger partial charge is 0.332 e. The zero-order valence-corrected chi connectivity index (χ0v) is 20.7. The van der Waals surface area contributed by atoms with Gasteiger partial charge in [-0.15, -0.1) is 23.2 Å². The third kappa shape index (κ3) is 4.48. The molecule has 0 saturated carbocycles. The van der Waals surface area contributed by atoms with E-state index in [1.807, 2.05) is 37.3 Å². The molecule has 166 valence electrons. The van der Waals surface area contributed by atoms with Crippen molar-refractivity contribution < 1.29 is 19.1 Å². The van der Waals surface area contributed by atoms with Crippen molar-refractivity contribution in [1.29, 1.82) is 0 Å². The minimum absolute atomic E-state index is 0.282. The van der Waals surface area contributed by atoms with Crippen LogP contribution in [0.2, 0.25) is 0 Å². The average molecular weight is 519 g/mol. The van der Waals surface area contributed by atoms with Gasteiger partial charge in [-0.25, -0.2) is 4.79 Å². The minimum Gasteiger partial charge on any atom is -0.479 e. The molecule has 6 nitrogen and oxygen atoms in total. The molecule has 1 aromatic carbocycles. The molecule has 0 spiro atoms. The van der Waals surface area contributed by atoms with Crippen molar-refractivity contribution in [2.75, 3.05) is 19.5 Å². The van der Waals surface area contributed by atoms with Crippen LogP contribution < -0.4 is 0 Å². The van der Waals surface area contributed by atoms with Gasteiger partial charge in [0.1, 0.15) is 15.3 Å². The van der Waals surface area contributed by atoms with Crippen LogP contribution in [0, 0.1) is 0 Å². The Labute approximate surface area is 204 Å². The Hall–Kier alpha value is -1.26. The third-order valence-electron chi connectivity index (χ3n) is 4.80. The Balaban J connectivity index is 1.87. The van der Waals surface area contributed by atoms with Crippen LogP contribution in [0.4, 0.5) is 0 Å². The van der Waals surface area contributed by atoms with E-state index in [4.69, 9.17) is 44.9 Å². The highest BCUT2D eigenvalue weighted by atomic mass is 35.5. The van der Waals surface area contributed by atoms with Gasteiger partial charge in [-0.05, 0) is 24.7 Å². The molecular formula is C20H20Cl2N2O4S3. The number of fused-ring (bicyclic) bond motifs is 1. The SMILES string of the molecule is C=C(CSC(=S)OCC)C(C(=O)OC)N1C(=O)C2(C(Cl)Cl)N=C(c3ccccc3)SC12. The fraction of sp³-hybridized carbons (Fsp3) is 0.400. The number of aliphatic imine (C=N–C) groups is 1. The molecule has 2 heterocycles. The van der Waals surface area contributed by atoms with Crippen molar-refractivity contribution in [3.05, 3.63) is 48.0 Å². The molecule has 1 saturated heterocycles. The highest BCUT2D eigenvalue weighted by Crippen LogP contribution is 2.54. The number of β-lactam (4-membered cyclic amide) rings is 1. The number of thioether (sulfide) groups is 2. The molecule has 0 radical (unpaired) electrons. The van der Waals surface area contributed by atoms with Gasteiger partial charge in [-0.3, -0.25) is 9.79 Å². The van der Waals surface area contributed by atoms with Crippen molar-refractivity contribution >= 4 is 80.2 Å². The molecule has 1 aromatic rings. The van der Waals surface area contributed by atoms with Gasteiger partial charge in [0.15, 0.2) is 11.6 Å². The summed E-state index contributed by atoms with van der Waals surface area (Å²) in [6.45, 7) is 6.28. The molecule has 1 fully saturated rings. The van der Waals surface area contributed by atoms with Gasteiger partial charge in [-0.1, -0.05) is 60.4 Å². The van der Waals surface area contributed by atoms with E-state index in [0.717, 1.165) is 5.56 Å². The number of hydrogen-bond donors (Lipinski definition) is 0. The van der Waals surface area contributed by atoms with Crippen molar-refractivity contribution in [1.82, 2.24) is 4.90 Å². The Morgan fingerprint density at radius 1 is 1.42 bits per heavy atom. The molecule has 0 aliphatic carbocycles. The summed E-state index contributed by atoms with van der Waals surface area (Å²) in [4.78, 5) is 30.9.